The molecule has 2 N–H and O–H groups in total. The van der Waals surface area contributed by atoms with Crippen LogP contribution in [0.4, 0.5) is 0 Å². The SMILES string of the molecule is COc1cc2c(c(OC)c1OC)-c1ccc(OC)c(=O)cc1[C@H](NCc1ccccc1O)CC2. The molecule has 0 radical (unpaired) electrons. The van der Waals surface area contributed by atoms with Crippen molar-refractivity contribution in [2.45, 2.75) is 25.4 Å². The fraction of sp³-hybridized carbons (Fsp3) is 0.296. The largest absolute Gasteiger partial charge is 0.508 e. The fourth-order valence-corrected chi connectivity index (χ4v) is 4.57. The van der Waals surface area contributed by atoms with Gasteiger partial charge in [-0.2, -0.15) is 0 Å². The summed E-state index contributed by atoms with van der Waals surface area (Å²) in [5, 5.41) is 13.8. The van der Waals surface area contributed by atoms with Gasteiger partial charge in [-0.25, -0.2) is 0 Å². The van der Waals surface area contributed by atoms with Crippen molar-refractivity contribution in [2.24, 2.45) is 0 Å². The number of methoxy groups -OCH3 is 4. The van der Waals surface area contributed by atoms with E-state index >= 15 is 0 Å². The van der Waals surface area contributed by atoms with Gasteiger partial charge < -0.3 is 29.4 Å². The lowest BCUT2D eigenvalue weighted by Gasteiger charge is -2.20. The van der Waals surface area contributed by atoms with Crippen LogP contribution in [0.5, 0.6) is 28.7 Å². The molecule has 1 atom stereocenters. The Labute approximate surface area is 198 Å². The van der Waals surface area contributed by atoms with E-state index in [1.807, 2.05) is 24.3 Å². The number of hydrogen-bond donors (Lipinski definition) is 2. The molecule has 1 aliphatic carbocycles. The number of phenols is 1. The van der Waals surface area contributed by atoms with Crippen molar-refractivity contribution < 1.29 is 24.1 Å². The molecule has 1 aliphatic rings. The molecule has 0 bridgehead atoms. The van der Waals surface area contributed by atoms with Gasteiger partial charge in [0.25, 0.3) is 0 Å². The van der Waals surface area contributed by atoms with Crippen LogP contribution in [0, 0.1) is 0 Å². The molecule has 0 saturated heterocycles. The summed E-state index contributed by atoms with van der Waals surface area (Å²) in [5.74, 6) is 2.12. The summed E-state index contributed by atoms with van der Waals surface area (Å²) in [6.07, 6.45) is 1.44. The van der Waals surface area contributed by atoms with Crippen LogP contribution >= 0.6 is 0 Å². The highest BCUT2D eigenvalue weighted by Crippen LogP contribution is 2.50. The van der Waals surface area contributed by atoms with Gasteiger partial charge >= 0.3 is 0 Å². The number of aryl methyl sites for hydroxylation is 1. The summed E-state index contributed by atoms with van der Waals surface area (Å²) in [6, 6.07) is 14.2. The molecule has 4 rings (SSSR count). The van der Waals surface area contributed by atoms with Crippen LogP contribution in [0.3, 0.4) is 0 Å². The average molecular weight is 464 g/mol. The molecule has 0 saturated carbocycles. The predicted octanol–water partition coefficient (Wildman–Crippen LogP) is 4.23. The first-order valence-electron chi connectivity index (χ1n) is 11.1. The highest BCUT2D eigenvalue weighted by Gasteiger charge is 2.29. The van der Waals surface area contributed by atoms with Crippen molar-refractivity contribution in [3.8, 4) is 39.9 Å². The molecule has 3 aromatic carbocycles. The van der Waals surface area contributed by atoms with Crippen molar-refractivity contribution in [3.63, 3.8) is 0 Å². The molecule has 0 amide bonds. The van der Waals surface area contributed by atoms with E-state index in [2.05, 4.69) is 5.32 Å². The van der Waals surface area contributed by atoms with E-state index in [0.29, 0.717) is 30.2 Å². The fourth-order valence-electron chi connectivity index (χ4n) is 4.57. The molecule has 0 spiro atoms. The van der Waals surface area contributed by atoms with Gasteiger partial charge in [-0.1, -0.05) is 24.3 Å². The van der Waals surface area contributed by atoms with Gasteiger partial charge in [-0.15, -0.1) is 0 Å². The van der Waals surface area contributed by atoms with Gasteiger partial charge in [0.2, 0.25) is 11.2 Å². The molecule has 7 heteroatoms. The van der Waals surface area contributed by atoms with Gasteiger partial charge in [0.05, 0.1) is 28.4 Å². The first-order valence-corrected chi connectivity index (χ1v) is 11.1. The Balaban J connectivity index is 1.91. The minimum atomic E-state index is -0.207. The minimum Gasteiger partial charge on any atom is -0.508 e. The summed E-state index contributed by atoms with van der Waals surface area (Å²) in [6.45, 7) is 0.445. The summed E-state index contributed by atoms with van der Waals surface area (Å²) in [7, 11) is 6.25. The molecular weight excluding hydrogens is 434 g/mol. The van der Waals surface area contributed by atoms with Gasteiger partial charge in [-0.05, 0) is 53.8 Å². The van der Waals surface area contributed by atoms with E-state index in [0.717, 1.165) is 34.2 Å². The van der Waals surface area contributed by atoms with Crippen LogP contribution in [-0.4, -0.2) is 33.5 Å². The zero-order chi connectivity index (χ0) is 24.2. The summed E-state index contributed by atoms with van der Waals surface area (Å²) >= 11 is 0. The van der Waals surface area contributed by atoms with Gasteiger partial charge in [0.15, 0.2) is 17.2 Å². The second-order valence-electron chi connectivity index (χ2n) is 8.06. The molecule has 7 nitrogen and oxygen atoms in total. The monoisotopic (exact) mass is 463 g/mol. The third-order valence-corrected chi connectivity index (χ3v) is 6.25. The Morgan fingerprint density at radius 2 is 1.65 bits per heavy atom. The standard InChI is InChI=1S/C27H29NO6/c1-31-23-12-10-18-19(14-22(23)30)20(28-15-17-7-5-6-8-21(17)29)11-9-16-13-24(32-2)26(33-3)27(34-4)25(16)18/h5-8,10,12-14,20,28-29H,9,11,15H2,1-4H3/t20-/m1/s1. The maximum atomic E-state index is 12.9. The van der Waals surface area contributed by atoms with Crippen LogP contribution in [0.15, 0.2) is 53.3 Å². The lowest BCUT2D eigenvalue weighted by Crippen LogP contribution is -2.22. The van der Waals surface area contributed by atoms with Crippen LogP contribution in [0.1, 0.15) is 29.2 Å². The predicted molar refractivity (Wildman–Crippen MR) is 130 cm³/mol. The molecule has 0 unspecified atom stereocenters. The second kappa shape index (κ2) is 10.1. The molecular formula is C27H29NO6. The summed E-state index contributed by atoms with van der Waals surface area (Å²) < 4.78 is 22.4. The maximum absolute atomic E-state index is 12.9. The Bertz CT molecular complexity index is 1260. The van der Waals surface area contributed by atoms with Gasteiger partial charge in [-0.3, -0.25) is 4.79 Å². The van der Waals surface area contributed by atoms with Crippen LogP contribution in [0.2, 0.25) is 0 Å². The molecule has 3 aromatic rings. The smallest absolute Gasteiger partial charge is 0.220 e. The number of hydrogen-bond acceptors (Lipinski definition) is 7. The maximum Gasteiger partial charge on any atom is 0.220 e. The first kappa shape index (κ1) is 23.4. The van der Waals surface area contributed by atoms with Crippen molar-refractivity contribution in [1.29, 1.82) is 0 Å². The topological polar surface area (TPSA) is 86.2 Å². The second-order valence-corrected chi connectivity index (χ2v) is 8.06. The number of fused-ring (bicyclic) bond motifs is 3. The Morgan fingerprint density at radius 3 is 2.32 bits per heavy atom. The quantitative estimate of drug-likeness (QED) is 0.542. The van der Waals surface area contributed by atoms with Gasteiger partial charge in [0.1, 0.15) is 5.75 Å². The molecule has 178 valence electrons. The molecule has 0 heterocycles. The molecule has 0 aliphatic heterocycles. The Kier molecular flexibility index (Phi) is 6.93. The minimum absolute atomic E-state index is 0.159. The Morgan fingerprint density at radius 1 is 0.912 bits per heavy atom. The van der Waals surface area contributed by atoms with E-state index in [1.54, 1.807) is 45.6 Å². The number of nitrogens with one attached hydrogen (secondary N) is 1. The zero-order valence-electron chi connectivity index (χ0n) is 19.8. The normalized spacial score (nSPS) is 14.4. The Hall–Kier alpha value is -3.71. The van der Waals surface area contributed by atoms with Crippen molar-refractivity contribution in [1.82, 2.24) is 5.32 Å². The summed E-state index contributed by atoms with van der Waals surface area (Å²) in [5.41, 5.74) is 4.14. The number of para-hydroxylation sites is 1. The zero-order valence-corrected chi connectivity index (χ0v) is 19.8. The highest BCUT2D eigenvalue weighted by atomic mass is 16.5. The lowest BCUT2D eigenvalue weighted by atomic mass is 9.95. The third kappa shape index (κ3) is 4.26. The first-order chi connectivity index (χ1) is 16.5. The number of phenolic OH excluding ortho intramolecular Hbond substituents is 1. The third-order valence-electron chi connectivity index (χ3n) is 6.25. The molecule has 0 aromatic heterocycles. The van der Waals surface area contributed by atoms with Gasteiger partial charge in [0, 0.05) is 23.7 Å². The lowest BCUT2D eigenvalue weighted by molar-refractivity contribution is 0.324. The summed E-state index contributed by atoms with van der Waals surface area (Å²) in [4.78, 5) is 12.9. The molecule has 34 heavy (non-hydrogen) atoms. The van der Waals surface area contributed by atoms with E-state index < -0.39 is 0 Å². The van der Waals surface area contributed by atoms with E-state index in [-0.39, 0.29) is 23.0 Å². The number of ether oxygens (including phenoxy) is 4. The molecule has 0 fully saturated rings. The van der Waals surface area contributed by atoms with Crippen molar-refractivity contribution >= 4 is 0 Å². The number of rotatable bonds is 7. The van der Waals surface area contributed by atoms with E-state index in [1.165, 1.54) is 7.11 Å². The number of benzene rings is 2. The highest BCUT2D eigenvalue weighted by molar-refractivity contribution is 5.82. The van der Waals surface area contributed by atoms with Crippen LogP contribution in [-0.2, 0) is 13.0 Å². The number of aromatic hydroxyl groups is 1. The van der Waals surface area contributed by atoms with Crippen molar-refractivity contribution in [2.75, 3.05) is 28.4 Å². The van der Waals surface area contributed by atoms with Crippen molar-refractivity contribution in [3.05, 3.63) is 75.4 Å². The van der Waals surface area contributed by atoms with E-state index in [4.69, 9.17) is 18.9 Å². The van der Waals surface area contributed by atoms with Crippen LogP contribution < -0.4 is 29.7 Å². The van der Waals surface area contributed by atoms with E-state index in [9.17, 15) is 9.90 Å². The average Bonchev–Trinajstić information content (AvgIpc) is 3.10. The van der Waals surface area contributed by atoms with Crippen LogP contribution in [0.25, 0.3) is 11.1 Å².